The Morgan fingerprint density at radius 3 is 2.73 bits per heavy atom. The summed E-state index contributed by atoms with van der Waals surface area (Å²) in [6, 6.07) is 0.703. The van der Waals surface area contributed by atoms with Gasteiger partial charge in [-0.05, 0) is 33.1 Å². The Morgan fingerprint density at radius 2 is 2.27 bits per heavy atom. The predicted molar refractivity (Wildman–Crippen MR) is 59.6 cm³/mol. The first kappa shape index (κ1) is 12.5. The first-order valence-electron chi connectivity index (χ1n) is 5.82. The Bertz CT molecular complexity index is 205. The Kier molecular flexibility index (Phi) is 5.05. The van der Waals surface area contributed by atoms with Crippen molar-refractivity contribution >= 4 is 5.91 Å². The molecule has 4 nitrogen and oxygen atoms in total. The molecule has 88 valence electrons. The molecule has 1 rings (SSSR count). The molecule has 1 unspecified atom stereocenters. The second-order valence-corrected chi connectivity index (χ2v) is 4.21. The third-order valence-corrected chi connectivity index (χ3v) is 2.81. The molecule has 1 saturated carbocycles. The number of nitrogens with zero attached hydrogens (tertiary/aromatic N) is 1. The van der Waals surface area contributed by atoms with Gasteiger partial charge in [0.25, 0.3) is 0 Å². The summed E-state index contributed by atoms with van der Waals surface area (Å²) in [5, 5.41) is 11.8. The zero-order valence-corrected chi connectivity index (χ0v) is 9.70. The number of likely N-dealkylation sites (N-methyl/N-ethyl adjacent to an activating group) is 1. The lowest BCUT2D eigenvalue weighted by Crippen LogP contribution is -2.42. The van der Waals surface area contributed by atoms with Crippen LogP contribution in [0.4, 0.5) is 0 Å². The van der Waals surface area contributed by atoms with E-state index in [9.17, 15) is 4.79 Å². The summed E-state index contributed by atoms with van der Waals surface area (Å²) in [4.78, 5) is 13.7. The lowest BCUT2D eigenvalue weighted by molar-refractivity contribution is -0.130. The van der Waals surface area contributed by atoms with Gasteiger partial charge < -0.3 is 15.3 Å². The molecular weight excluding hydrogens is 192 g/mol. The van der Waals surface area contributed by atoms with E-state index in [1.807, 2.05) is 18.7 Å². The van der Waals surface area contributed by atoms with E-state index in [4.69, 9.17) is 5.11 Å². The molecule has 1 fully saturated rings. The van der Waals surface area contributed by atoms with E-state index >= 15 is 0 Å². The van der Waals surface area contributed by atoms with Crippen LogP contribution in [0.3, 0.4) is 0 Å². The van der Waals surface area contributed by atoms with Crippen LogP contribution in [0, 0.1) is 0 Å². The maximum atomic E-state index is 11.8. The van der Waals surface area contributed by atoms with Gasteiger partial charge >= 0.3 is 0 Å². The lowest BCUT2D eigenvalue weighted by Gasteiger charge is -2.21. The van der Waals surface area contributed by atoms with E-state index in [0.29, 0.717) is 19.0 Å². The highest BCUT2D eigenvalue weighted by Crippen LogP contribution is 2.26. The minimum Gasteiger partial charge on any atom is -0.396 e. The van der Waals surface area contributed by atoms with Crippen LogP contribution in [0.2, 0.25) is 0 Å². The number of carbonyl (C=O) groups excluding carboxylic acids is 1. The van der Waals surface area contributed by atoms with Crippen LogP contribution in [0.15, 0.2) is 0 Å². The summed E-state index contributed by atoms with van der Waals surface area (Å²) in [5.74, 6) is 0.185. The van der Waals surface area contributed by atoms with Gasteiger partial charge in [-0.25, -0.2) is 0 Å². The van der Waals surface area contributed by atoms with Crippen LogP contribution >= 0.6 is 0 Å². The molecule has 1 amide bonds. The third-order valence-electron chi connectivity index (χ3n) is 2.81. The van der Waals surface area contributed by atoms with Crippen LogP contribution in [-0.4, -0.2) is 47.7 Å². The van der Waals surface area contributed by atoms with E-state index < -0.39 is 0 Å². The number of hydrogen-bond donors (Lipinski definition) is 2. The number of aliphatic hydroxyl groups excluding tert-OH is 1. The van der Waals surface area contributed by atoms with Gasteiger partial charge in [-0.15, -0.1) is 0 Å². The Balaban J connectivity index is 2.21. The molecule has 2 N–H and O–H groups in total. The van der Waals surface area contributed by atoms with Gasteiger partial charge in [0, 0.05) is 25.2 Å². The van der Waals surface area contributed by atoms with Gasteiger partial charge in [0.2, 0.25) is 5.91 Å². The maximum absolute atomic E-state index is 11.8. The van der Waals surface area contributed by atoms with Gasteiger partial charge in [-0.1, -0.05) is 0 Å². The van der Waals surface area contributed by atoms with Crippen molar-refractivity contribution in [2.75, 3.05) is 19.7 Å². The summed E-state index contributed by atoms with van der Waals surface area (Å²) >= 11 is 0. The van der Waals surface area contributed by atoms with Crippen molar-refractivity contribution in [1.82, 2.24) is 10.2 Å². The summed E-state index contributed by atoms with van der Waals surface area (Å²) in [6.07, 6.45) is 3.01. The Labute approximate surface area is 91.6 Å². The average molecular weight is 214 g/mol. The molecule has 1 aliphatic rings. The quantitative estimate of drug-likeness (QED) is 0.643. The lowest BCUT2D eigenvalue weighted by atomic mass is 10.2. The monoisotopic (exact) mass is 214 g/mol. The van der Waals surface area contributed by atoms with Crippen LogP contribution in [-0.2, 0) is 4.79 Å². The van der Waals surface area contributed by atoms with Crippen LogP contribution in [0.1, 0.15) is 33.1 Å². The largest absolute Gasteiger partial charge is 0.396 e. The molecule has 0 aromatic carbocycles. The Morgan fingerprint density at radius 1 is 1.60 bits per heavy atom. The highest BCUT2D eigenvalue weighted by molar-refractivity contribution is 5.78. The number of nitrogens with one attached hydrogen (secondary N) is 1. The van der Waals surface area contributed by atoms with Crippen molar-refractivity contribution in [3.63, 3.8) is 0 Å². The first-order valence-corrected chi connectivity index (χ1v) is 5.82. The summed E-state index contributed by atoms with van der Waals surface area (Å²) in [5.41, 5.74) is 0. The first-order chi connectivity index (χ1) is 7.19. The molecule has 0 bridgehead atoms. The molecule has 1 atom stereocenters. The molecule has 15 heavy (non-hydrogen) atoms. The van der Waals surface area contributed by atoms with Gasteiger partial charge in [0.1, 0.15) is 0 Å². The van der Waals surface area contributed by atoms with Gasteiger partial charge in [-0.3, -0.25) is 4.79 Å². The SMILES string of the molecule is CCN(C(=O)CNC(C)CCO)C1CC1. The van der Waals surface area contributed by atoms with Crippen LogP contribution in [0.5, 0.6) is 0 Å². The predicted octanol–water partition coefficient (Wildman–Crippen LogP) is 0.358. The van der Waals surface area contributed by atoms with E-state index in [0.717, 1.165) is 19.4 Å². The van der Waals surface area contributed by atoms with Crippen molar-refractivity contribution < 1.29 is 9.90 Å². The third kappa shape index (κ3) is 4.18. The summed E-state index contributed by atoms with van der Waals surface area (Å²) < 4.78 is 0. The standard InChI is InChI=1S/C11H22N2O2/c1-3-13(10-4-5-10)11(15)8-12-9(2)6-7-14/h9-10,12,14H,3-8H2,1-2H3. The molecule has 4 heteroatoms. The second-order valence-electron chi connectivity index (χ2n) is 4.21. The van der Waals surface area contributed by atoms with Gasteiger partial charge in [0.05, 0.1) is 6.54 Å². The van der Waals surface area contributed by atoms with Gasteiger partial charge in [0.15, 0.2) is 0 Å². The highest BCUT2D eigenvalue weighted by atomic mass is 16.3. The molecule has 0 aromatic rings. The number of aliphatic hydroxyl groups is 1. The van der Waals surface area contributed by atoms with E-state index in [1.54, 1.807) is 0 Å². The fourth-order valence-electron chi connectivity index (χ4n) is 1.68. The Hall–Kier alpha value is -0.610. The van der Waals surface area contributed by atoms with E-state index in [1.165, 1.54) is 0 Å². The number of carbonyl (C=O) groups is 1. The van der Waals surface area contributed by atoms with Crippen molar-refractivity contribution in [2.45, 2.75) is 45.2 Å². The highest BCUT2D eigenvalue weighted by Gasteiger charge is 2.30. The van der Waals surface area contributed by atoms with E-state index in [-0.39, 0.29) is 18.6 Å². The molecule has 0 heterocycles. The van der Waals surface area contributed by atoms with Crippen LogP contribution < -0.4 is 5.32 Å². The smallest absolute Gasteiger partial charge is 0.236 e. The maximum Gasteiger partial charge on any atom is 0.236 e. The molecule has 0 saturated heterocycles. The van der Waals surface area contributed by atoms with Crippen molar-refractivity contribution in [3.8, 4) is 0 Å². The molecule has 0 aliphatic heterocycles. The summed E-state index contributed by atoms with van der Waals surface area (Å²) in [7, 11) is 0. The molecule has 0 radical (unpaired) electrons. The zero-order chi connectivity index (χ0) is 11.3. The molecule has 0 spiro atoms. The number of hydrogen-bond acceptors (Lipinski definition) is 3. The van der Waals surface area contributed by atoms with Crippen LogP contribution in [0.25, 0.3) is 0 Å². The second kappa shape index (κ2) is 6.08. The number of rotatable bonds is 7. The molecule has 0 aromatic heterocycles. The molecule has 1 aliphatic carbocycles. The van der Waals surface area contributed by atoms with Crippen molar-refractivity contribution in [1.29, 1.82) is 0 Å². The van der Waals surface area contributed by atoms with Crippen molar-refractivity contribution in [2.24, 2.45) is 0 Å². The average Bonchev–Trinajstić information content (AvgIpc) is 3.00. The fourth-order valence-corrected chi connectivity index (χ4v) is 1.68. The van der Waals surface area contributed by atoms with Gasteiger partial charge in [-0.2, -0.15) is 0 Å². The summed E-state index contributed by atoms with van der Waals surface area (Å²) in [6.45, 7) is 5.37. The fraction of sp³-hybridized carbons (Fsp3) is 0.909. The minimum atomic E-state index is 0.169. The zero-order valence-electron chi connectivity index (χ0n) is 9.70. The normalized spacial score (nSPS) is 17.5. The number of amides is 1. The van der Waals surface area contributed by atoms with E-state index in [2.05, 4.69) is 5.32 Å². The van der Waals surface area contributed by atoms with Crippen molar-refractivity contribution in [3.05, 3.63) is 0 Å². The topological polar surface area (TPSA) is 52.6 Å². The minimum absolute atomic E-state index is 0.169. The molecular formula is C11H22N2O2.